The van der Waals surface area contributed by atoms with E-state index >= 15 is 0 Å². The maximum Gasteiger partial charge on any atom is 0.288 e. The van der Waals surface area contributed by atoms with Gasteiger partial charge in [-0.1, -0.05) is 36.0 Å². The van der Waals surface area contributed by atoms with Crippen LogP contribution in [0.15, 0.2) is 41.3 Å². The van der Waals surface area contributed by atoms with Crippen molar-refractivity contribution in [2.24, 2.45) is 0 Å². The van der Waals surface area contributed by atoms with Crippen LogP contribution in [-0.4, -0.2) is 37.3 Å². The third-order valence-corrected chi connectivity index (χ3v) is 4.76. The summed E-state index contributed by atoms with van der Waals surface area (Å²) in [6, 6.07) is 10.6. The first-order chi connectivity index (χ1) is 12.8. The zero-order chi connectivity index (χ0) is 20.0. The van der Waals surface area contributed by atoms with Crippen LogP contribution in [0.2, 0.25) is 0 Å². The fourth-order valence-electron chi connectivity index (χ4n) is 3.02. The quantitative estimate of drug-likeness (QED) is 0.659. The van der Waals surface area contributed by atoms with Crippen LogP contribution in [0.25, 0.3) is 0 Å². The molecule has 0 aliphatic rings. The number of amides is 1. The Morgan fingerprint density at radius 2 is 1.85 bits per heavy atom. The van der Waals surface area contributed by atoms with E-state index in [0.717, 1.165) is 22.4 Å². The van der Waals surface area contributed by atoms with Crippen molar-refractivity contribution < 1.29 is 18.3 Å². The Morgan fingerprint density at radius 1 is 1.22 bits per heavy atom. The molecule has 1 N–H and O–H groups in total. The first kappa shape index (κ1) is 21.2. The van der Waals surface area contributed by atoms with Crippen molar-refractivity contribution >= 4 is 23.4 Å². The second-order valence-corrected chi connectivity index (χ2v) is 7.39. The molecule has 2 aromatic rings. The minimum atomic E-state index is -2.53. The molecule has 146 valence electrons. The number of hydrogen-bond donors (Lipinski definition) is 1. The van der Waals surface area contributed by atoms with Crippen LogP contribution in [0.3, 0.4) is 0 Å². The largest absolute Gasteiger partial charge is 0.496 e. The number of aryl methyl sites for hydroxylation is 2. The Hall–Kier alpha value is -2.12. The van der Waals surface area contributed by atoms with Crippen molar-refractivity contribution in [1.29, 1.82) is 0 Å². The number of halogens is 2. The van der Waals surface area contributed by atoms with Gasteiger partial charge in [-0.05, 0) is 49.7 Å². The Bertz CT molecular complexity index is 776. The highest BCUT2D eigenvalue weighted by atomic mass is 32.2. The van der Waals surface area contributed by atoms with Crippen LogP contribution < -0.4 is 10.1 Å². The fourth-order valence-corrected chi connectivity index (χ4v) is 3.62. The van der Waals surface area contributed by atoms with Gasteiger partial charge in [0.2, 0.25) is 5.91 Å². The molecule has 0 aliphatic carbocycles. The summed E-state index contributed by atoms with van der Waals surface area (Å²) in [6.45, 7) is 4.71. The molecule has 0 spiro atoms. The van der Waals surface area contributed by atoms with Gasteiger partial charge in [0.25, 0.3) is 5.76 Å². The molecule has 0 aliphatic heterocycles. The van der Waals surface area contributed by atoms with Gasteiger partial charge in [0, 0.05) is 11.4 Å². The monoisotopic (exact) mass is 394 g/mol. The maximum absolute atomic E-state index is 12.6. The number of alkyl halides is 2. The van der Waals surface area contributed by atoms with Gasteiger partial charge in [-0.3, -0.25) is 9.69 Å². The van der Waals surface area contributed by atoms with Gasteiger partial charge in [0.05, 0.1) is 19.3 Å². The number of hydrogen-bond acceptors (Lipinski definition) is 4. The molecule has 4 nitrogen and oxygen atoms in total. The van der Waals surface area contributed by atoms with Crippen molar-refractivity contribution in [3.8, 4) is 5.75 Å². The normalized spacial score (nSPS) is 11.1. The van der Waals surface area contributed by atoms with E-state index in [1.54, 1.807) is 31.4 Å². The number of carbonyl (C=O) groups excluding carboxylic acids is 1. The van der Waals surface area contributed by atoms with E-state index in [9.17, 15) is 13.6 Å². The van der Waals surface area contributed by atoms with E-state index in [4.69, 9.17) is 4.74 Å². The lowest BCUT2D eigenvalue weighted by molar-refractivity contribution is -0.117. The predicted molar refractivity (Wildman–Crippen MR) is 106 cm³/mol. The third-order valence-electron chi connectivity index (χ3n) is 3.97. The van der Waals surface area contributed by atoms with Gasteiger partial charge in [-0.2, -0.15) is 8.78 Å². The van der Waals surface area contributed by atoms with E-state index in [1.807, 2.05) is 37.9 Å². The minimum absolute atomic E-state index is 0.151. The third kappa shape index (κ3) is 6.22. The summed E-state index contributed by atoms with van der Waals surface area (Å²) in [5, 5.41) is 2.72. The first-order valence-electron chi connectivity index (χ1n) is 8.46. The van der Waals surface area contributed by atoms with Crippen molar-refractivity contribution in [3.63, 3.8) is 0 Å². The number of nitrogens with one attached hydrogen (secondary N) is 1. The van der Waals surface area contributed by atoms with Crippen LogP contribution >= 0.6 is 11.8 Å². The van der Waals surface area contributed by atoms with Gasteiger partial charge < -0.3 is 10.1 Å². The Labute approximate surface area is 162 Å². The van der Waals surface area contributed by atoms with Gasteiger partial charge in [-0.15, -0.1) is 0 Å². The Balaban J connectivity index is 1.98. The summed E-state index contributed by atoms with van der Waals surface area (Å²) in [5.41, 5.74) is 3.57. The number of thioether (sulfide) groups is 1. The van der Waals surface area contributed by atoms with Gasteiger partial charge in [0.1, 0.15) is 5.75 Å². The Kier molecular flexibility index (Phi) is 7.62. The van der Waals surface area contributed by atoms with E-state index < -0.39 is 5.76 Å². The molecular weight excluding hydrogens is 370 g/mol. The molecule has 0 radical (unpaired) electrons. The molecular formula is C20H24F2N2O2S. The second-order valence-electron chi connectivity index (χ2n) is 6.36. The lowest BCUT2D eigenvalue weighted by Gasteiger charge is -2.19. The molecule has 0 unspecified atom stereocenters. The predicted octanol–water partition coefficient (Wildman–Crippen LogP) is 4.70. The molecule has 0 saturated heterocycles. The number of ether oxygens (including phenoxy) is 1. The van der Waals surface area contributed by atoms with Crippen molar-refractivity contribution in [1.82, 2.24) is 4.90 Å². The first-order valence-corrected chi connectivity index (χ1v) is 9.34. The molecule has 0 aromatic heterocycles. The van der Waals surface area contributed by atoms with Crippen LogP contribution in [0.4, 0.5) is 14.5 Å². The number of anilines is 1. The van der Waals surface area contributed by atoms with E-state index in [0.29, 0.717) is 28.9 Å². The van der Waals surface area contributed by atoms with Gasteiger partial charge in [0.15, 0.2) is 0 Å². The van der Waals surface area contributed by atoms with E-state index in [1.165, 1.54) is 0 Å². The lowest BCUT2D eigenvalue weighted by atomic mass is 10.1. The number of rotatable bonds is 8. The molecule has 27 heavy (non-hydrogen) atoms. The molecule has 1 amide bonds. The van der Waals surface area contributed by atoms with Crippen molar-refractivity contribution in [2.75, 3.05) is 26.0 Å². The number of benzene rings is 2. The summed E-state index contributed by atoms with van der Waals surface area (Å²) >= 11 is 0.422. The number of carbonyl (C=O) groups is 1. The zero-order valence-corrected chi connectivity index (χ0v) is 16.7. The van der Waals surface area contributed by atoms with Crippen LogP contribution in [0.1, 0.15) is 16.7 Å². The van der Waals surface area contributed by atoms with Crippen molar-refractivity contribution in [3.05, 3.63) is 53.1 Å². The average molecular weight is 394 g/mol. The van der Waals surface area contributed by atoms with Crippen LogP contribution in [0.5, 0.6) is 5.75 Å². The average Bonchev–Trinajstić information content (AvgIpc) is 2.55. The molecule has 0 bridgehead atoms. The van der Waals surface area contributed by atoms with Crippen LogP contribution in [0, 0.1) is 13.8 Å². The van der Waals surface area contributed by atoms with Crippen molar-refractivity contribution in [2.45, 2.75) is 31.0 Å². The standard InChI is InChI=1S/C20H24F2N2O2S/c1-13-9-15(10-14(2)19(13)26-4)11-24(3)12-18(25)23-16-7-5-6-8-17(16)27-20(21)22/h5-10,20H,11-12H2,1-4H3,(H,23,25). The summed E-state index contributed by atoms with van der Waals surface area (Å²) in [7, 11) is 3.49. The highest BCUT2D eigenvalue weighted by molar-refractivity contribution is 7.99. The topological polar surface area (TPSA) is 41.6 Å². The molecule has 7 heteroatoms. The zero-order valence-electron chi connectivity index (χ0n) is 15.9. The molecule has 2 rings (SSSR count). The number of nitrogens with zero attached hydrogens (tertiary/aromatic N) is 1. The van der Waals surface area contributed by atoms with E-state index in [-0.39, 0.29) is 12.5 Å². The number of methoxy groups -OCH3 is 1. The minimum Gasteiger partial charge on any atom is -0.496 e. The number of para-hydroxylation sites is 1. The molecule has 0 saturated carbocycles. The fraction of sp³-hybridized carbons (Fsp3) is 0.350. The maximum atomic E-state index is 12.6. The molecule has 0 fully saturated rings. The van der Waals surface area contributed by atoms with Gasteiger partial charge >= 0.3 is 0 Å². The molecule has 0 heterocycles. The SMILES string of the molecule is COc1c(C)cc(CN(C)CC(=O)Nc2ccccc2SC(F)F)cc1C. The highest BCUT2D eigenvalue weighted by Crippen LogP contribution is 2.31. The summed E-state index contributed by atoms with van der Waals surface area (Å²) < 4.78 is 30.7. The second kappa shape index (κ2) is 9.71. The van der Waals surface area contributed by atoms with Crippen LogP contribution in [-0.2, 0) is 11.3 Å². The summed E-state index contributed by atoms with van der Waals surface area (Å²) in [5.74, 6) is -1.92. The van der Waals surface area contributed by atoms with E-state index in [2.05, 4.69) is 5.32 Å². The lowest BCUT2D eigenvalue weighted by Crippen LogP contribution is -2.30. The summed E-state index contributed by atoms with van der Waals surface area (Å²) in [6.07, 6.45) is 0. The number of likely N-dealkylation sites (N-methyl/N-ethyl adjacent to an activating group) is 1. The van der Waals surface area contributed by atoms with Gasteiger partial charge in [-0.25, -0.2) is 0 Å². The molecule has 2 aromatic carbocycles. The molecule has 0 atom stereocenters. The highest BCUT2D eigenvalue weighted by Gasteiger charge is 2.14. The smallest absolute Gasteiger partial charge is 0.288 e. The summed E-state index contributed by atoms with van der Waals surface area (Å²) in [4.78, 5) is 14.5. The Morgan fingerprint density at radius 3 is 2.44 bits per heavy atom.